The van der Waals surface area contributed by atoms with Crippen molar-refractivity contribution in [3.63, 3.8) is 0 Å². The highest BCUT2D eigenvalue weighted by atomic mass is 32.2. The number of fused-ring (bicyclic) bond motifs is 1. The van der Waals surface area contributed by atoms with Gasteiger partial charge in [0.15, 0.2) is 5.16 Å². The Kier molecular flexibility index (Phi) is 7.81. The third-order valence-corrected chi connectivity index (χ3v) is 8.05. The van der Waals surface area contributed by atoms with E-state index < -0.39 is 10.0 Å². The minimum absolute atomic E-state index is 0.164. The first-order valence-corrected chi connectivity index (χ1v) is 12.8. The molecule has 172 valence electrons. The van der Waals surface area contributed by atoms with Crippen LogP contribution in [0.1, 0.15) is 20.8 Å². The van der Waals surface area contributed by atoms with Crippen LogP contribution in [0.25, 0.3) is 11.0 Å². The molecular formula is C22H28N4O4S2. The molecule has 0 bridgehead atoms. The largest absolute Gasteiger partial charge is 0.497 e. The molecule has 0 aliphatic heterocycles. The topological polar surface area (TPSA) is 93.5 Å². The van der Waals surface area contributed by atoms with Crippen LogP contribution >= 0.6 is 11.8 Å². The van der Waals surface area contributed by atoms with E-state index in [4.69, 9.17) is 4.74 Å². The molecule has 3 aromatic rings. The van der Waals surface area contributed by atoms with Crippen LogP contribution in [0.5, 0.6) is 5.75 Å². The maximum absolute atomic E-state index is 12.9. The van der Waals surface area contributed by atoms with Crippen molar-refractivity contribution in [2.24, 2.45) is 0 Å². The number of methoxy groups -OCH3 is 1. The Hall–Kier alpha value is -2.56. The SMILES string of the molecule is CCN(CC)S(=O)(=O)c1ccc2c(c1)nc(SCC(=O)Nc1cccc(OC)c1)n2CC. The first-order valence-electron chi connectivity index (χ1n) is 10.4. The number of ether oxygens (including phenoxy) is 1. The number of hydrogen-bond donors (Lipinski definition) is 1. The Morgan fingerprint density at radius 1 is 1.16 bits per heavy atom. The van der Waals surface area contributed by atoms with E-state index in [1.54, 1.807) is 37.4 Å². The van der Waals surface area contributed by atoms with E-state index in [0.717, 1.165) is 5.52 Å². The summed E-state index contributed by atoms with van der Waals surface area (Å²) in [6.07, 6.45) is 0. The summed E-state index contributed by atoms with van der Waals surface area (Å²) < 4.78 is 34.3. The van der Waals surface area contributed by atoms with Gasteiger partial charge in [-0.1, -0.05) is 31.7 Å². The van der Waals surface area contributed by atoms with Crippen LogP contribution < -0.4 is 10.1 Å². The van der Waals surface area contributed by atoms with Crippen molar-refractivity contribution in [2.45, 2.75) is 37.4 Å². The molecule has 3 rings (SSSR count). The molecule has 1 heterocycles. The molecule has 32 heavy (non-hydrogen) atoms. The number of rotatable bonds is 10. The number of benzene rings is 2. The summed E-state index contributed by atoms with van der Waals surface area (Å²) in [5.74, 6) is 0.673. The molecule has 0 atom stereocenters. The zero-order valence-corrected chi connectivity index (χ0v) is 20.3. The number of anilines is 1. The second-order valence-electron chi connectivity index (χ2n) is 6.95. The molecule has 0 saturated carbocycles. The van der Waals surface area contributed by atoms with Crippen molar-refractivity contribution in [3.8, 4) is 5.75 Å². The molecule has 1 amide bonds. The molecule has 0 fully saturated rings. The molecule has 0 radical (unpaired) electrons. The predicted octanol–water partition coefficient (Wildman–Crippen LogP) is 3.83. The average Bonchev–Trinajstić information content (AvgIpc) is 3.15. The van der Waals surface area contributed by atoms with E-state index in [-0.39, 0.29) is 16.6 Å². The van der Waals surface area contributed by atoms with E-state index in [2.05, 4.69) is 10.3 Å². The highest BCUT2D eigenvalue weighted by molar-refractivity contribution is 7.99. The monoisotopic (exact) mass is 476 g/mol. The minimum atomic E-state index is -3.57. The third-order valence-electron chi connectivity index (χ3n) is 5.03. The highest BCUT2D eigenvalue weighted by Gasteiger charge is 2.23. The van der Waals surface area contributed by atoms with Gasteiger partial charge in [0.05, 0.1) is 28.8 Å². The summed E-state index contributed by atoms with van der Waals surface area (Å²) in [6, 6.07) is 12.2. The lowest BCUT2D eigenvalue weighted by atomic mass is 10.3. The maximum Gasteiger partial charge on any atom is 0.243 e. The van der Waals surface area contributed by atoms with Crippen LogP contribution in [0.3, 0.4) is 0 Å². The number of carbonyl (C=O) groups is 1. The predicted molar refractivity (Wildman–Crippen MR) is 128 cm³/mol. The summed E-state index contributed by atoms with van der Waals surface area (Å²) in [5.41, 5.74) is 2.09. The van der Waals surface area contributed by atoms with Crippen LogP contribution in [0.15, 0.2) is 52.5 Å². The first kappa shape index (κ1) is 24.1. The van der Waals surface area contributed by atoms with Crippen molar-refractivity contribution in [1.29, 1.82) is 0 Å². The van der Waals surface area contributed by atoms with Gasteiger partial charge in [-0.05, 0) is 37.3 Å². The van der Waals surface area contributed by atoms with Gasteiger partial charge in [0, 0.05) is 31.4 Å². The van der Waals surface area contributed by atoms with Crippen LogP contribution in [-0.2, 0) is 21.4 Å². The number of imidazole rings is 1. The van der Waals surface area contributed by atoms with Gasteiger partial charge in [-0.2, -0.15) is 4.31 Å². The maximum atomic E-state index is 12.9. The minimum Gasteiger partial charge on any atom is -0.497 e. The van der Waals surface area contributed by atoms with Crippen LogP contribution in [0.2, 0.25) is 0 Å². The number of nitrogens with one attached hydrogen (secondary N) is 1. The second kappa shape index (κ2) is 10.4. The van der Waals surface area contributed by atoms with Crippen molar-refractivity contribution in [3.05, 3.63) is 42.5 Å². The van der Waals surface area contributed by atoms with Gasteiger partial charge in [-0.25, -0.2) is 13.4 Å². The molecule has 0 spiro atoms. The zero-order valence-electron chi connectivity index (χ0n) is 18.7. The van der Waals surface area contributed by atoms with Crippen molar-refractivity contribution < 1.29 is 17.9 Å². The van der Waals surface area contributed by atoms with Crippen LogP contribution in [0.4, 0.5) is 5.69 Å². The van der Waals surface area contributed by atoms with Crippen molar-refractivity contribution >= 4 is 44.4 Å². The van der Waals surface area contributed by atoms with E-state index in [1.807, 2.05) is 37.5 Å². The van der Waals surface area contributed by atoms with Crippen LogP contribution in [0, 0.1) is 0 Å². The summed E-state index contributed by atoms with van der Waals surface area (Å²) in [7, 11) is -1.99. The van der Waals surface area contributed by atoms with Gasteiger partial charge in [0.25, 0.3) is 0 Å². The molecule has 10 heteroatoms. The molecule has 0 aliphatic rings. The summed E-state index contributed by atoms with van der Waals surface area (Å²) >= 11 is 1.31. The lowest BCUT2D eigenvalue weighted by Gasteiger charge is -2.18. The number of amides is 1. The quantitative estimate of drug-likeness (QED) is 0.447. The molecule has 0 aliphatic carbocycles. The number of hydrogen-bond acceptors (Lipinski definition) is 6. The highest BCUT2D eigenvalue weighted by Crippen LogP contribution is 2.27. The molecule has 0 unspecified atom stereocenters. The molecule has 1 N–H and O–H groups in total. The van der Waals surface area contributed by atoms with E-state index >= 15 is 0 Å². The Bertz CT molecular complexity index is 1200. The standard InChI is InChI=1S/C22H28N4O4S2/c1-5-25(6-2)32(28,29)18-11-12-20-19(14-18)24-22(26(20)7-3)31-15-21(27)23-16-9-8-10-17(13-16)30-4/h8-14H,5-7,15H2,1-4H3,(H,23,27). The molecule has 0 saturated heterocycles. The smallest absolute Gasteiger partial charge is 0.243 e. The van der Waals surface area contributed by atoms with Crippen LogP contribution in [-0.4, -0.2) is 54.1 Å². The average molecular weight is 477 g/mol. The Morgan fingerprint density at radius 3 is 2.56 bits per heavy atom. The van der Waals surface area contributed by atoms with E-state index in [0.29, 0.717) is 41.7 Å². The van der Waals surface area contributed by atoms with Crippen molar-refractivity contribution in [1.82, 2.24) is 13.9 Å². The Balaban J connectivity index is 1.80. The number of carbonyl (C=O) groups excluding carboxylic acids is 1. The lowest BCUT2D eigenvalue weighted by molar-refractivity contribution is -0.113. The number of aryl methyl sites for hydroxylation is 1. The normalized spacial score (nSPS) is 11.8. The molecule has 8 nitrogen and oxygen atoms in total. The molecule has 2 aromatic carbocycles. The Morgan fingerprint density at radius 2 is 1.91 bits per heavy atom. The molecule has 1 aromatic heterocycles. The van der Waals surface area contributed by atoms with Crippen molar-refractivity contribution in [2.75, 3.05) is 31.3 Å². The van der Waals surface area contributed by atoms with Gasteiger partial charge < -0.3 is 14.6 Å². The van der Waals surface area contributed by atoms with E-state index in [9.17, 15) is 13.2 Å². The fourth-order valence-electron chi connectivity index (χ4n) is 3.40. The van der Waals surface area contributed by atoms with Gasteiger partial charge in [-0.15, -0.1) is 0 Å². The number of aromatic nitrogens is 2. The Labute approximate surface area is 193 Å². The lowest BCUT2D eigenvalue weighted by Crippen LogP contribution is -2.30. The van der Waals surface area contributed by atoms with Gasteiger partial charge >= 0.3 is 0 Å². The second-order valence-corrected chi connectivity index (χ2v) is 9.83. The van der Waals surface area contributed by atoms with Gasteiger partial charge in [0.2, 0.25) is 15.9 Å². The molecular weight excluding hydrogens is 448 g/mol. The first-order chi connectivity index (χ1) is 15.3. The van der Waals surface area contributed by atoms with Gasteiger partial charge in [-0.3, -0.25) is 4.79 Å². The zero-order chi connectivity index (χ0) is 23.3. The number of sulfonamides is 1. The fraction of sp³-hybridized carbons (Fsp3) is 0.364. The summed E-state index contributed by atoms with van der Waals surface area (Å²) in [4.78, 5) is 17.3. The summed E-state index contributed by atoms with van der Waals surface area (Å²) in [6.45, 7) is 7.08. The number of nitrogens with zero attached hydrogens (tertiary/aromatic N) is 3. The van der Waals surface area contributed by atoms with Gasteiger partial charge in [0.1, 0.15) is 5.75 Å². The number of thioether (sulfide) groups is 1. The summed E-state index contributed by atoms with van der Waals surface area (Å²) in [5, 5.41) is 3.52. The fourth-order valence-corrected chi connectivity index (χ4v) is 5.76. The van der Waals surface area contributed by atoms with E-state index in [1.165, 1.54) is 16.1 Å². The third kappa shape index (κ3) is 5.08.